The summed E-state index contributed by atoms with van der Waals surface area (Å²) in [5.41, 5.74) is 0.584. The molecule has 1 aromatic carbocycles. The normalized spacial score (nSPS) is 26.0. The molecule has 154 valence electrons. The molecule has 0 radical (unpaired) electrons. The first-order valence-corrected chi connectivity index (χ1v) is 10.7. The van der Waals surface area contributed by atoms with Crippen molar-refractivity contribution < 1.29 is 19.0 Å². The van der Waals surface area contributed by atoms with Crippen molar-refractivity contribution in [1.82, 2.24) is 10.2 Å². The molecule has 1 saturated carbocycles. The van der Waals surface area contributed by atoms with E-state index < -0.39 is 0 Å². The summed E-state index contributed by atoms with van der Waals surface area (Å²) in [6.45, 7) is 4.41. The van der Waals surface area contributed by atoms with Crippen molar-refractivity contribution in [1.29, 1.82) is 0 Å². The first-order chi connectivity index (χ1) is 13.7. The molecule has 2 atom stereocenters. The van der Waals surface area contributed by atoms with Crippen molar-refractivity contribution >= 4 is 5.91 Å². The minimum absolute atomic E-state index is 0.0473. The number of carbonyl (C=O) groups excluding carboxylic acids is 1. The van der Waals surface area contributed by atoms with E-state index in [1.165, 1.54) is 12.8 Å². The summed E-state index contributed by atoms with van der Waals surface area (Å²) < 4.78 is 16.8. The monoisotopic (exact) mass is 388 g/mol. The van der Waals surface area contributed by atoms with Crippen LogP contribution in [-0.2, 0) is 4.74 Å². The second-order valence-electron chi connectivity index (χ2n) is 8.27. The summed E-state index contributed by atoms with van der Waals surface area (Å²) in [6, 6.07) is 5.77. The SMILES string of the molecule is COC1CCN(C[C@@H]2CCC[C@H](NC(=O)c3cccc4c3OCCO4)C2)CC1. The van der Waals surface area contributed by atoms with Gasteiger partial charge in [0.1, 0.15) is 13.2 Å². The van der Waals surface area contributed by atoms with Gasteiger partial charge in [-0.05, 0) is 50.2 Å². The Bertz CT molecular complexity index is 673. The second kappa shape index (κ2) is 9.14. The Labute approximate surface area is 167 Å². The Morgan fingerprint density at radius 3 is 2.82 bits per heavy atom. The molecule has 1 amide bonds. The van der Waals surface area contributed by atoms with Crippen LogP contribution in [0.4, 0.5) is 0 Å². The summed E-state index contributed by atoms with van der Waals surface area (Å²) in [5.74, 6) is 1.86. The van der Waals surface area contributed by atoms with Crippen molar-refractivity contribution in [2.75, 3.05) is 40.0 Å². The number of benzene rings is 1. The van der Waals surface area contributed by atoms with Gasteiger partial charge in [-0.2, -0.15) is 0 Å². The maximum atomic E-state index is 12.9. The van der Waals surface area contributed by atoms with Gasteiger partial charge in [-0.15, -0.1) is 0 Å². The van der Waals surface area contributed by atoms with Crippen LogP contribution in [0.5, 0.6) is 11.5 Å². The maximum Gasteiger partial charge on any atom is 0.255 e. The van der Waals surface area contributed by atoms with Crippen LogP contribution in [0.25, 0.3) is 0 Å². The largest absolute Gasteiger partial charge is 0.486 e. The molecule has 0 aromatic heterocycles. The molecule has 3 aliphatic rings. The summed E-state index contributed by atoms with van der Waals surface area (Å²) in [6.07, 6.45) is 7.24. The number of nitrogens with zero attached hydrogens (tertiary/aromatic N) is 1. The van der Waals surface area contributed by atoms with Crippen molar-refractivity contribution in [3.8, 4) is 11.5 Å². The zero-order chi connectivity index (χ0) is 19.3. The zero-order valence-electron chi connectivity index (χ0n) is 16.8. The lowest BCUT2D eigenvalue weighted by Crippen LogP contribution is -2.43. The van der Waals surface area contributed by atoms with Crippen LogP contribution in [0.2, 0.25) is 0 Å². The number of fused-ring (bicyclic) bond motifs is 1. The summed E-state index contributed by atoms with van der Waals surface area (Å²) in [4.78, 5) is 15.5. The van der Waals surface area contributed by atoms with E-state index >= 15 is 0 Å². The predicted molar refractivity (Wildman–Crippen MR) is 107 cm³/mol. The van der Waals surface area contributed by atoms with Gasteiger partial charge in [-0.25, -0.2) is 0 Å². The molecular formula is C22H32N2O4. The van der Waals surface area contributed by atoms with Crippen molar-refractivity contribution in [2.24, 2.45) is 5.92 Å². The first-order valence-electron chi connectivity index (χ1n) is 10.7. The lowest BCUT2D eigenvalue weighted by atomic mass is 9.85. The minimum atomic E-state index is -0.0473. The van der Waals surface area contributed by atoms with E-state index in [-0.39, 0.29) is 11.9 Å². The Morgan fingerprint density at radius 1 is 1.18 bits per heavy atom. The Hall–Kier alpha value is -1.79. The quantitative estimate of drug-likeness (QED) is 0.841. The van der Waals surface area contributed by atoms with Crippen LogP contribution >= 0.6 is 0 Å². The fraction of sp³-hybridized carbons (Fsp3) is 0.682. The third kappa shape index (κ3) is 4.61. The van der Waals surface area contributed by atoms with E-state index in [1.807, 2.05) is 25.3 Å². The predicted octanol–water partition coefficient (Wildman–Crippen LogP) is 2.86. The number of methoxy groups -OCH3 is 1. The third-order valence-electron chi connectivity index (χ3n) is 6.31. The topological polar surface area (TPSA) is 60.0 Å². The van der Waals surface area contributed by atoms with Crippen LogP contribution in [0.1, 0.15) is 48.9 Å². The Morgan fingerprint density at radius 2 is 2.00 bits per heavy atom. The van der Waals surface area contributed by atoms with Crippen molar-refractivity contribution in [3.05, 3.63) is 23.8 Å². The zero-order valence-corrected chi connectivity index (χ0v) is 16.8. The molecule has 4 rings (SSSR count). The van der Waals surface area contributed by atoms with Gasteiger partial charge >= 0.3 is 0 Å². The highest BCUT2D eigenvalue weighted by Crippen LogP contribution is 2.34. The van der Waals surface area contributed by atoms with Gasteiger partial charge in [0.25, 0.3) is 5.91 Å². The Kier molecular flexibility index (Phi) is 6.37. The van der Waals surface area contributed by atoms with E-state index in [1.54, 1.807) is 0 Å². The fourth-order valence-corrected chi connectivity index (χ4v) is 4.80. The number of para-hydroxylation sites is 1. The summed E-state index contributed by atoms with van der Waals surface area (Å²) in [7, 11) is 1.82. The number of carbonyl (C=O) groups is 1. The highest BCUT2D eigenvalue weighted by Gasteiger charge is 2.28. The smallest absolute Gasteiger partial charge is 0.255 e. The van der Waals surface area contributed by atoms with E-state index in [0.717, 1.165) is 45.3 Å². The van der Waals surface area contributed by atoms with Crippen LogP contribution in [0, 0.1) is 5.92 Å². The molecule has 6 heteroatoms. The lowest BCUT2D eigenvalue weighted by Gasteiger charge is -2.36. The molecule has 6 nitrogen and oxygen atoms in total. The van der Waals surface area contributed by atoms with Gasteiger partial charge in [-0.1, -0.05) is 12.5 Å². The van der Waals surface area contributed by atoms with Gasteiger partial charge in [0.05, 0.1) is 11.7 Å². The molecule has 0 bridgehead atoms. The van der Waals surface area contributed by atoms with Gasteiger partial charge in [0.2, 0.25) is 0 Å². The fourth-order valence-electron chi connectivity index (χ4n) is 4.80. The van der Waals surface area contributed by atoms with Crippen molar-refractivity contribution in [3.63, 3.8) is 0 Å². The molecule has 1 aromatic rings. The molecule has 2 fully saturated rings. The average molecular weight is 389 g/mol. The van der Waals surface area contributed by atoms with Crippen LogP contribution in [0.3, 0.4) is 0 Å². The molecule has 2 heterocycles. The third-order valence-corrected chi connectivity index (χ3v) is 6.31. The molecule has 0 unspecified atom stereocenters. The standard InChI is InChI=1S/C22H32N2O4/c1-26-18-8-10-24(11-9-18)15-16-4-2-5-17(14-16)23-22(25)19-6-3-7-20-21(19)28-13-12-27-20/h3,6-7,16-18H,2,4-5,8-15H2,1H3,(H,23,25)/t16-,17+/m1/s1. The molecule has 0 spiro atoms. The van der Waals surface area contributed by atoms with Gasteiger partial charge in [0, 0.05) is 32.8 Å². The lowest BCUT2D eigenvalue weighted by molar-refractivity contribution is 0.0337. The Balaban J connectivity index is 1.31. The van der Waals surface area contributed by atoms with Gasteiger partial charge < -0.3 is 24.4 Å². The van der Waals surface area contributed by atoms with Crippen LogP contribution in [0.15, 0.2) is 18.2 Å². The number of rotatable bonds is 5. The molecule has 1 aliphatic carbocycles. The summed E-state index contributed by atoms with van der Waals surface area (Å²) >= 11 is 0. The first kappa shape index (κ1) is 19.5. The number of likely N-dealkylation sites (tertiary alicyclic amines) is 1. The van der Waals surface area contributed by atoms with E-state index in [9.17, 15) is 4.79 Å². The number of piperidine rings is 1. The molecule has 2 aliphatic heterocycles. The van der Waals surface area contributed by atoms with Gasteiger partial charge in [-0.3, -0.25) is 4.79 Å². The highest BCUT2D eigenvalue weighted by atomic mass is 16.6. The average Bonchev–Trinajstić information content (AvgIpc) is 2.74. The minimum Gasteiger partial charge on any atom is -0.486 e. The number of hydrogen-bond donors (Lipinski definition) is 1. The number of nitrogens with one attached hydrogen (secondary N) is 1. The van der Waals surface area contributed by atoms with E-state index in [2.05, 4.69) is 10.2 Å². The number of ether oxygens (including phenoxy) is 3. The maximum absolute atomic E-state index is 12.9. The van der Waals surface area contributed by atoms with E-state index in [0.29, 0.717) is 42.3 Å². The van der Waals surface area contributed by atoms with Crippen LogP contribution in [-0.4, -0.2) is 62.9 Å². The molecule has 1 N–H and O–H groups in total. The van der Waals surface area contributed by atoms with Crippen LogP contribution < -0.4 is 14.8 Å². The summed E-state index contributed by atoms with van der Waals surface area (Å²) in [5, 5.41) is 3.26. The van der Waals surface area contributed by atoms with Crippen molar-refractivity contribution in [2.45, 2.75) is 50.7 Å². The second-order valence-corrected chi connectivity index (χ2v) is 8.27. The van der Waals surface area contributed by atoms with Gasteiger partial charge in [0.15, 0.2) is 11.5 Å². The highest BCUT2D eigenvalue weighted by molar-refractivity contribution is 5.98. The molecule has 1 saturated heterocycles. The molecular weight excluding hydrogens is 356 g/mol. The number of hydrogen-bond acceptors (Lipinski definition) is 5. The number of amides is 1. The molecule has 28 heavy (non-hydrogen) atoms. The van der Waals surface area contributed by atoms with E-state index in [4.69, 9.17) is 14.2 Å².